The Morgan fingerprint density at radius 2 is 1.95 bits per heavy atom. The maximum absolute atomic E-state index is 11.4. The van der Waals surface area contributed by atoms with Crippen molar-refractivity contribution in [3.8, 4) is 0 Å². The second-order valence-electron chi connectivity index (χ2n) is 4.48. The van der Waals surface area contributed by atoms with E-state index in [1.807, 2.05) is 53.2 Å². The number of hydrogen-bond donors (Lipinski definition) is 2. The lowest BCUT2D eigenvalue weighted by Crippen LogP contribution is -2.20. The van der Waals surface area contributed by atoms with Crippen LogP contribution in [0.3, 0.4) is 0 Å². The average molecular weight is 267 g/mol. The van der Waals surface area contributed by atoms with Crippen LogP contribution in [0.5, 0.6) is 0 Å². The van der Waals surface area contributed by atoms with Crippen LogP contribution in [0.25, 0.3) is 11.0 Å². The highest BCUT2D eigenvalue weighted by Crippen LogP contribution is 2.16. The summed E-state index contributed by atoms with van der Waals surface area (Å²) in [7, 11) is 0. The molecule has 0 aliphatic carbocycles. The Morgan fingerprint density at radius 3 is 2.70 bits per heavy atom. The second-order valence-corrected chi connectivity index (χ2v) is 4.48. The summed E-state index contributed by atoms with van der Waals surface area (Å²) >= 11 is 0. The Balaban J connectivity index is 2.01. The molecule has 2 aromatic heterocycles. The van der Waals surface area contributed by atoms with Crippen molar-refractivity contribution in [1.82, 2.24) is 15.0 Å². The van der Waals surface area contributed by atoms with E-state index in [4.69, 9.17) is 5.21 Å². The Kier molecular flexibility index (Phi) is 3.18. The fourth-order valence-electron chi connectivity index (χ4n) is 2.15. The molecule has 0 saturated carbocycles. The van der Waals surface area contributed by atoms with Crippen LogP contribution in [0.2, 0.25) is 0 Å². The van der Waals surface area contributed by atoms with E-state index in [2.05, 4.69) is 4.98 Å². The molecule has 0 atom stereocenters. The van der Waals surface area contributed by atoms with Gasteiger partial charge in [-0.3, -0.25) is 10.0 Å². The lowest BCUT2D eigenvalue weighted by Gasteiger charge is -2.06. The maximum atomic E-state index is 11.4. The predicted molar refractivity (Wildman–Crippen MR) is 74.5 cm³/mol. The number of aromatic nitrogens is 2. The van der Waals surface area contributed by atoms with Gasteiger partial charge in [0.2, 0.25) is 0 Å². The van der Waals surface area contributed by atoms with Crippen LogP contribution in [0.15, 0.2) is 54.7 Å². The number of hydroxylamine groups is 1. The van der Waals surface area contributed by atoms with Crippen LogP contribution in [0.4, 0.5) is 0 Å². The molecule has 0 spiro atoms. The minimum absolute atomic E-state index is 0.188. The SMILES string of the molecule is O=C(NO)c1ccc2ccn(Cc3ccccc3)c2n1. The summed E-state index contributed by atoms with van der Waals surface area (Å²) in [5.74, 6) is -0.612. The number of pyridine rings is 1. The first-order valence-corrected chi connectivity index (χ1v) is 6.22. The third-order valence-electron chi connectivity index (χ3n) is 3.14. The van der Waals surface area contributed by atoms with Crippen LogP contribution < -0.4 is 5.48 Å². The van der Waals surface area contributed by atoms with Gasteiger partial charge in [0.1, 0.15) is 11.3 Å². The van der Waals surface area contributed by atoms with Crippen molar-refractivity contribution in [3.63, 3.8) is 0 Å². The van der Waals surface area contributed by atoms with Gasteiger partial charge in [-0.25, -0.2) is 10.5 Å². The van der Waals surface area contributed by atoms with Gasteiger partial charge in [-0.05, 0) is 23.8 Å². The molecule has 2 heterocycles. The summed E-state index contributed by atoms with van der Waals surface area (Å²) in [4.78, 5) is 15.7. The smallest absolute Gasteiger partial charge is 0.293 e. The molecular weight excluding hydrogens is 254 g/mol. The second kappa shape index (κ2) is 5.14. The minimum Gasteiger partial charge on any atom is -0.328 e. The van der Waals surface area contributed by atoms with Gasteiger partial charge < -0.3 is 4.57 Å². The number of rotatable bonds is 3. The van der Waals surface area contributed by atoms with Crippen molar-refractivity contribution >= 4 is 16.9 Å². The molecule has 100 valence electrons. The summed E-state index contributed by atoms with van der Waals surface area (Å²) in [6.45, 7) is 0.682. The Bertz CT molecular complexity index is 750. The molecule has 0 aliphatic rings. The van der Waals surface area contributed by atoms with Crippen LogP contribution in [-0.2, 0) is 6.54 Å². The van der Waals surface area contributed by atoms with Crippen LogP contribution >= 0.6 is 0 Å². The molecule has 0 unspecified atom stereocenters. The number of nitrogens with one attached hydrogen (secondary N) is 1. The highest BCUT2D eigenvalue weighted by Gasteiger charge is 2.09. The van der Waals surface area contributed by atoms with E-state index < -0.39 is 5.91 Å². The molecular formula is C15H13N3O2. The predicted octanol–water partition coefficient (Wildman–Crippen LogP) is 2.20. The lowest BCUT2D eigenvalue weighted by atomic mass is 10.2. The number of carbonyl (C=O) groups excluding carboxylic acids is 1. The maximum Gasteiger partial charge on any atom is 0.293 e. The van der Waals surface area contributed by atoms with E-state index in [0.29, 0.717) is 6.54 Å². The van der Waals surface area contributed by atoms with Crippen LogP contribution in [-0.4, -0.2) is 20.7 Å². The standard InChI is InChI=1S/C15H13N3O2/c19-15(17-20)13-7-6-12-8-9-18(14(12)16-13)10-11-4-2-1-3-5-11/h1-9,20H,10H2,(H,17,19). The van der Waals surface area contributed by atoms with Crippen molar-refractivity contribution in [1.29, 1.82) is 0 Å². The van der Waals surface area contributed by atoms with Crippen LogP contribution in [0.1, 0.15) is 16.1 Å². The summed E-state index contributed by atoms with van der Waals surface area (Å²) in [6, 6.07) is 15.4. The van der Waals surface area contributed by atoms with Crippen molar-refractivity contribution < 1.29 is 10.0 Å². The first-order chi connectivity index (χ1) is 9.78. The third kappa shape index (κ3) is 2.26. The van der Waals surface area contributed by atoms with Gasteiger partial charge in [-0.2, -0.15) is 0 Å². The zero-order valence-electron chi connectivity index (χ0n) is 10.7. The molecule has 1 amide bonds. The number of hydrogen-bond acceptors (Lipinski definition) is 3. The molecule has 5 nitrogen and oxygen atoms in total. The van der Waals surface area contributed by atoms with E-state index in [-0.39, 0.29) is 5.69 Å². The Morgan fingerprint density at radius 1 is 1.15 bits per heavy atom. The normalized spacial score (nSPS) is 10.7. The Labute approximate surface area is 115 Å². The van der Waals surface area contributed by atoms with E-state index in [1.165, 1.54) is 0 Å². The first-order valence-electron chi connectivity index (χ1n) is 6.22. The van der Waals surface area contributed by atoms with Crippen LogP contribution in [0, 0.1) is 0 Å². The van der Waals surface area contributed by atoms with Crippen molar-refractivity contribution in [2.75, 3.05) is 0 Å². The molecule has 0 bridgehead atoms. The van der Waals surface area contributed by atoms with Gasteiger partial charge >= 0.3 is 0 Å². The number of fused-ring (bicyclic) bond motifs is 1. The number of amides is 1. The summed E-state index contributed by atoms with van der Waals surface area (Å²) < 4.78 is 1.97. The Hall–Kier alpha value is -2.66. The zero-order valence-corrected chi connectivity index (χ0v) is 10.7. The quantitative estimate of drug-likeness (QED) is 0.564. The molecule has 0 radical (unpaired) electrons. The van der Waals surface area contributed by atoms with Gasteiger partial charge in [0.05, 0.1) is 0 Å². The molecule has 20 heavy (non-hydrogen) atoms. The summed E-state index contributed by atoms with van der Waals surface area (Å²) in [6.07, 6.45) is 1.94. The zero-order chi connectivity index (χ0) is 13.9. The van der Waals surface area contributed by atoms with Gasteiger partial charge in [0.25, 0.3) is 5.91 Å². The summed E-state index contributed by atoms with van der Waals surface area (Å²) in [5, 5.41) is 9.62. The van der Waals surface area contributed by atoms with Gasteiger partial charge in [0.15, 0.2) is 0 Å². The van der Waals surface area contributed by atoms with E-state index in [0.717, 1.165) is 16.6 Å². The number of nitrogens with zero attached hydrogens (tertiary/aromatic N) is 2. The molecule has 0 saturated heterocycles. The first kappa shape index (κ1) is 12.4. The molecule has 1 aromatic carbocycles. The van der Waals surface area contributed by atoms with Crippen molar-refractivity contribution in [3.05, 3.63) is 66.0 Å². The van der Waals surface area contributed by atoms with E-state index >= 15 is 0 Å². The van der Waals surface area contributed by atoms with E-state index in [1.54, 1.807) is 11.5 Å². The largest absolute Gasteiger partial charge is 0.328 e. The topological polar surface area (TPSA) is 67.2 Å². The molecule has 2 N–H and O–H groups in total. The van der Waals surface area contributed by atoms with E-state index in [9.17, 15) is 4.79 Å². The molecule has 0 fully saturated rings. The number of benzene rings is 1. The van der Waals surface area contributed by atoms with Crippen molar-refractivity contribution in [2.24, 2.45) is 0 Å². The lowest BCUT2D eigenvalue weighted by molar-refractivity contribution is 0.0701. The molecule has 5 heteroatoms. The van der Waals surface area contributed by atoms with Gasteiger partial charge in [0, 0.05) is 18.1 Å². The third-order valence-corrected chi connectivity index (χ3v) is 3.14. The van der Waals surface area contributed by atoms with Gasteiger partial charge in [-0.15, -0.1) is 0 Å². The average Bonchev–Trinajstić information content (AvgIpc) is 2.90. The van der Waals surface area contributed by atoms with Gasteiger partial charge in [-0.1, -0.05) is 30.3 Å². The fourth-order valence-corrected chi connectivity index (χ4v) is 2.15. The van der Waals surface area contributed by atoms with Crippen molar-refractivity contribution in [2.45, 2.75) is 6.54 Å². The molecule has 3 aromatic rings. The highest BCUT2D eigenvalue weighted by atomic mass is 16.5. The minimum atomic E-state index is -0.612. The highest BCUT2D eigenvalue weighted by molar-refractivity contribution is 5.93. The molecule has 3 rings (SSSR count). The number of carbonyl (C=O) groups is 1. The summed E-state index contributed by atoms with van der Waals surface area (Å²) in [5.41, 5.74) is 3.66. The molecule has 0 aliphatic heterocycles. The monoisotopic (exact) mass is 267 g/mol. The fraction of sp³-hybridized carbons (Fsp3) is 0.0667.